The first-order valence-corrected chi connectivity index (χ1v) is 6.81. The zero-order valence-electron chi connectivity index (χ0n) is 11.6. The van der Waals surface area contributed by atoms with Crippen molar-refractivity contribution in [2.75, 3.05) is 11.4 Å². The van der Waals surface area contributed by atoms with Gasteiger partial charge in [0.25, 0.3) is 5.91 Å². The Kier molecular flexibility index (Phi) is 3.31. The molecule has 0 aliphatic carbocycles. The second kappa shape index (κ2) is 5.14. The predicted octanol–water partition coefficient (Wildman–Crippen LogP) is 2.04. The molecule has 0 saturated heterocycles. The van der Waals surface area contributed by atoms with Crippen LogP contribution in [0.1, 0.15) is 11.3 Å². The molecule has 0 fully saturated rings. The molecule has 1 aromatic carbocycles. The molecule has 21 heavy (non-hydrogen) atoms. The molecule has 1 amide bonds. The molecular weight excluding hydrogens is 264 g/mol. The number of carbonyl (C=O) groups excluding carboxylic acids is 1. The van der Waals surface area contributed by atoms with Gasteiger partial charge in [0.05, 0.1) is 5.69 Å². The molecule has 4 heteroatoms. The Morgan fingerprint density at radius 2 is 2.00 bits per heavy atom. The molecule has 0 bridgehead atoms. The quantitative estimate of drug-likeness (QED) is 0.872. The lowest BCUT2D eigenvalue weighted by Crippen LogP contribution is -2.42. The number of aromatic nitrogens is 1. The van der Waals surface area contributed by atoms with E-state index in [0.717, 1.165) is 5.69 Å². The number of hydrogen-bond donors (Lipinski definition) is 1. The normalized spacial score (nSPS) is 20.4. The number of aliphatic hydroxyl groups is 1. The fraction of sp³-hybridized carbons (Fsp3) is 0.176. The summed E-state index contributed by atoms with van der Waals surface area (Å²) in [5.74, 6) is -0.325. The molecule has 0 saturated carbocycles. The van der Waals surface area contributed by atoms with Gasteiger partial charge in [0, 0.05) is 30.4 Å². The molecule has 3 rings (SSSR count). The highest BCUT2D eigenvalue weighted by atomic mass is 16.3. The minimum atomic E-state index is -1.56. The summed E-state index contributed by atoms with van der Waals surface area (Å²) in [7, 11) is 0. The maximum absolute atomic E-state index is 12.7. The lowest BCUT2D eigenvalue weighted by atomic mass is 9.90. The number of amides is 1. The Morgan fingerprint density at radius 3 is 2.71 bits per heavy atom. The number of rotatable bonds is 4. The molecule has 0 spiro atoms. The standard InChI is InChI=1S/C17H16N2O2/c1-2-11-19-15-9-4-3-8-14(15)17(21,16(19)20)12-13-7-5-6-10-18-13/h2-10,21H,1,11-12H2. The molecule has 2 heterocycles. The van der Waals surface area contributed by atoms with Crippen molar-refractivity contribution in [3.8, 4) is 0 Å². The molecule has 1 atom stereocenters. The summed E-state index contributed by atoms with van der Waals surface area (Å²) < 4.78 is 0. The highest BCUT2D eigenvalue weighted by Gasteiger charge is 2.49. The van der Waals surface area contributed by atoms with E-state index in [4.69, 9.17) is 0 Å². The summed E-state index contributed by atoms with van der Waals surface area (Å²) in [5, 5.41) is 11.0. The van der Waals surface area contributed by atoms with Gasteiger partial charge in [-0.3, -0.25) is 9.78 Å². The van der Waals surface area contributed by atoms with Gasteiger partial charge in [-0.2, -0.15) is 0 Å². The monoisotopic (exact) mass is 280 g/mol. The van der Waals surface area contributed by atoms with E-state index in [2.05, 4.69) is 11.6 Å². The Morgan fingerprint density at radius 1 is 1.24 bits per heavy atom. The highest BCUT2D eigenvalue weighted by molar-refractivity contribution is 6.07. The van der Waals surface area contributed by atoms with Crippen molar-refractivity contribution in [2.24, 2.45) is 0 Å². The number of nitrogens with zero attached hydrogens (tertiary/aromatic N) is 2. The van der Waals surface area contributed by atoms with Gasteiger partial charge in [-0.15, -0.1) is 6.58 Å². The third kappa shape index (κ3) is 2.14. The fourth-order valence-corrected chi connectivity index (χ4v) is 2.75. The van der Waals surface area contributed by atoms with Crippen LogP contribution < -0.4 is 4.90 Å². The van der Waals surface area contributed by atoms with Gasteiger partial charge >= 0.3 is 0 Å². The van der Waals surface area contributed by atoms with Gasteiger partial charge in [0.2, 0.25) is 0 Å². The van der Waals surface area contributed by atoms with Crippen LogP contribution in [0.4, 0.5) is 5.69 Å². The van der Waals surface area contributed by atoms with Crippen LogP contribution in [0, 0.1) is 0 Å². The summed E-state index contributed by atoms with van der Waals surface area (Å²) in [6, 6.07) is 12.8. The first-order chi connectivity index (χ1) is 10.2. The maximum Gasteiger partial charge on any atom is 0.264 e. The largest absolute Gasteiger partial charge is 0.375 e. The number of fused-ring (bicyclic) bond motifs is 1. The SMILES string of the molecule is C=CCN1C(=O)C(O)(Cc2ccccn2)c2ccccc21. The summed E-state index contributed by atoms with van der Waals surface area (Å²) >= 11 is 0. The Hall–Kier alpha value is -2.46. The van der Waals surface area contributed by atoms with E-state index in [1.165, 1.54) is 0 Å². The van der Waals surface area contributed by atoms with Gasteiger partial charge in [-0.1, -0.05) is 30.3 Å². The number of pyridine rings is 1. The topological polar surface area (TPSA) is 53.4 Å². The third-order valence-electron chi connectivity index (χ3n) is 3.71. The predicted molar refractivity (Wildman–Crippen MR) is 80.8 cm³/mol. The van der Waals surface area contributed by atoms with Crippen molar-refractivity contribution in [1.82, 2.24) is 4.98 Å². The summed E-state index contributed by atoms with van der Waals surface area (Å²) in [5.41, 5.74) is 0.487. The zero-order valence-corrected chi connectivity index (χ0v) is 11.6. The molecule has 2 aromatic rings. The van der Waals surface area contributed by atoms with E-state index in [9.17, 15) is 9.90 Å². The Balaban J connectivity index is 2.05. The van der Waals surface area contributed by atoms with E-state index >= 15 is 0 Å². The summed E-state index contributed by atoms with van der Waals surface area (Å²) in [6.07, 6.45) is 3.48. The van der Waals surface area contributed by atoms with Crippen molar-refractivity contribution >= 4 is 11.6 Å². The van der Waals surface area contributed by atoms with Crippen LogP contribution in [0.3, 0.4) is 0 Å². The fourth-order valence-electron chi connectivity index (χ4n) is 2.75. The number of benzene rings is 1. The second-order valence-corrected chi connectivity index (χ2v) is 5.08. The molecule has 106 valence electrons. The maximum atomic E-state index is 12.7. The minimum Gasteiger partial charge on any atom is -0.375 e. The molecule has 1 aliphatic heterocycles. The van der Waals surface area contributed by atoms with Gasteiger partial charge < -0.3 is 10.0 Å². The summed E-state index contributed by atoms with van der Waals surface area (Å²) in [6.45, 7) is 4.05. The van der Waals surface area contributed by atoms with Crippen molar-refractivity contribution in [3.63, 3.8) is 0 Å². The van der Waals surface area contributed by atoms with Crippen molar-refractivity contribution < 1.29 is 9.90 Å². The minimum absolute atomic E-state index is 0.164. The van der Waals surface area contributed by atoms with E-state index in [1.807, 2.05) is 36.4 Å². The van der Waals surface area contributed by atoms with Crippen molar-refractivity contribution in [1.29, 1.82) is 0 Å². The molecule has 1 aromatic heterocycles. The van der Waals surface area contributed by atoms with E-state index in [1.54, 1.807) is 23.2 Å². The average Bonchev–Trinajstić information content (AvgIpc) is 2.71. The molecule has 1 aliphatic rings. The van der Waals surface area contributed by atoms with Crippen LogP contribution in [0.25, 0.3) is 0 Å². The van der Waals surface area contributed by atoms with Crippen molar-refractivity contribution in [2.45, 2.75) is 12.0 Å². The number of para-hydroxylation sites is 1. The van der Waals surface area contributed by atoms with E-state index in [0.29, 0.717) is 17.8 Å². The van der Waals surface area contributed by atoms with Crippen LogP contribution in [-0.4, -0.2) is 22.5 Å². The van der Waals surface area contributed by atoms with Crippen LogP contribution in [-0.2, 0) is 16.8 Å². The van der Waals surface area contributed by atoms with Crippen molar-refractivity contribution in [3.05, 3.63) is 72.6 Å². The number of anilines is 1. The zero-order chi connectivity index (χ0) is 14.9. The van der Waals surface area contributed by atoms with Crippen LogP contribution in [0.2, 0.25) is 0 Å². The molecule has 1 N–H and O–H groups in total. The molecular formula is C17H16N2O2. The second-order valence-electron chi connectivity index (χ2n) is 5.08. The average molecular weight is 280 g/mol. The van der Waals surface area contributed by atoms with E-state index < -0.39 is 5.60 Å². The van der Waals surface area contributed by atoms with Crippen LogP contribution >= 0.6 is 0 Å². The first-order valence-electron chi connectivity index (χ1n) is 6.81. The Labute approximate surface area is 123 Å². The van der Waals surface area contributed by atoms with Crippen LogP contribution in [0.15, 0.2) is 61.3 Å². The third-order valence-corrected chi connectivity index (χ3v) is 3.71. The highest BCUT2D eigenvalue weighted by Crippen LogP contribution is 2.41. The number of hydrogen-bond acceptors (Lipinski definition) is 3. The van der Waals surface area contributed by atoms with Gasteiger partial charge in [0.1, 0.15) is 0 Å². The lowest BCUT2D eigenvalue weighted by molar-refractivity contribution is -0.136. The summed E-state index contributed by atoms with van der Waals surface area (Å²) in [4.78, 5) is 18.5. The Bertz CT molecular complexity index is 684. The van der Waals surface area contributed by atoms with Gasteiger partial charge in [-0.25, -0.2) is 0 Å². The molecule has 1 unspecified atom stereocenters. The van der Waals surface area contributed by atoms with E-state index in [-0.39, 0.29) is 12.3 Å². The first kappa shape index (κ1) is 13.5. The lowest BCUT2D eigenvalue weighted by Gasteiger charge is -2.22. The smallest absolute Gasteiger partial charge is 0.264 e. The molecule has 4 nitrogen and oxygen atoms in total. The van der Waals surface area contributed by atoms with Gasteiger partial charge in [0.15, 0.2) is 5.60 Å². The van der Waals surface area contributed by atoms with Gasteiger partial charge in [-0.05, 0) is 18.2 Å². The van der Waals surface area contributed by atoms with Crippen LogP contribution in [0.5, 0.6) is 0 Å². The number of carbonyl (C=O) groups is 1. The molecule has 0 radical (unpaired) electrons.